The molecule has 2 aromatic heterocycles. The van der Waals surface area contributed by atoms with Crippen LogP contribution in [0.1, 0.15) is 93.3 Å². The van der Waals surface area contributed by atoms with E-state index in [4.69, 9.17) is 19.9 Å². The number of hydrogen-bond acceptors (Lipinski definition) is 11. The summed E-state index contributed by atoms with van der Waals surface area (Å²) in [5.74, 6) is -0.865. The van der Waals surface area contributed by atoms with E-state index in [0.717, 1.165) is 5.01 Å². The average Bonchev–Trinajstić information content (AvgIpc) is 3.40. The molecule has 0 fully saturated rings. The fraction of sp³-hybridized carbons (Fsp3) is 0.560. The Morgan fingerprint density at radius 2 is 1.15 bits per heavy atom. The van der Waals surface area contributed by atoms with Crippen molar-refractivity contribution in [1.82, 2.24) is 15.3 Å². The smallest absolute Gasteiger partial charge is 0.408 e. The molecule has 2 rings (SSSR count). The Morgan fingerprint density at radius 3 is 1.46 bits per heavy atom. The molecule has 0 aliphatic heterocycles. The molecule has 0 bridgehead atoms. The first-order valence-electron chi connectivity index (χ1n) is 11.2. The third-order valence-electron chi connectivity index (χ3n) is 3.28. The van der Waals surface area contributed by atoms with Crippen LogP contribution in [0.3, 0.4) is 0 Å². The number of ether oxygens (including phenoxy) is 3. The molecule has 2 heterocycles. The number of carbonyl (C=O) groups excluding carboxylic acids is 3. The van der Waals surface area contributed by atoms with Gasteiger partial charge in [0, 0.05) is 54.4 Å². The maximum absolute atomic E-state index is 11.8. The standard InChI is InChI=1S/C14H22N2O4S.C9H14N2O2S.CH2I.CH3.ClH.2V/c1-13(2,3)19-11(17)9-8-21-10(16-9)7-15-12(18)20-14(4,5)6;1-9(2,3)13-8(12)6-5-14-7(4-10)11-6;1-2;;;;/h8H,7H2,1-6H3,(H,15,18);5H,4,10H2,1-3H3;1H2;1H3;1H;;/q;;2*-1;;;. The second-order valence-electron chi connectivity index (χ2n) is 10.3. The molecule has 41 heavy (non-hydrogen) atoms. The number of nitrogens with one attached hydrogen (secondary N) is 1. The van der Waals surface area contributed by atoms with Crippen molar-refractivity contribution in [2.24, 2.45) is 5.73 Å². The van der Waals surface area contributed by atoms with Gasteiger partial charge >= 0.3 is 18.0 Å². The van der Waals surface area contributed by atoms with Gasteiger partial charge in [-0.1, -0.05) is 0 Å². The van der Waals surface area contributed by atoms with E-state index < -0.39 is 34.8 Å². The molecule has 2 aromatic rings. The van der Waals surface area contributed by atoms with E-state index in [2.05, 4.69) is 20.2 Å². The molecule has 16 heteroatoms. The Balaban J connectivity index is -0.000000191. The van der Waals surface area contributed by atoms with Gasteiger partial charge in [-0.05, 0) is 62.3 Å². The summed E-state index contributed by atoms with van der Waals surface area (Å²) in [7, 11) is 0. The molecule has 1 amide bonds. The Morgan fingerprint density at radius 1 is 0.805 bits per heavy atom. The summed E-state index contributed by atoms with van der Waals surface area (Å²) in [6.45, 7) is 16.8. The SMILES string of the molecule is CC(C)(C)OC(=O)NCc1nc(C(=O)OC(C)(C)C)cs1.CC(C)(C)OC(=O)c1csc(CN)n1.Cl.[CH2-]I.[CH3-].[V].[V]. The summed E-state index contributed by atoms with van der Waals surface area (Å²) in [6, 6.07) is 0. The number of nitrogens with zero attached hydrogens (tertiary/aromatic N) is 2. The number of aromatic nitrogens is 2. The molecule has 0 atom stereocenters. The van der Waals surface area contributed by atoms with Gasteiger partial charge in [0.25, 0.3) is 0 Å². The van der Waals surface area contributed by atoms with E-state index in [1.165, 1.54) is 22.7 Å². The fourth-order valence-corrected chi connectivity index (χ4v) is 3.45. The summed E-state index contributed by atoms with van der Waals surface area (Å²) in [4.78, 5) is 46.2. The molecule has 0 aromatic carbocycles. The second kappa shape index (κ2) is 23.1. The van der Waals surface area contributed by atoms with Gasteiger partial charge in [-0.3, -0.25) is 4.93 Å². The Hall–Kier alpha value is -0.381. The zero-order chi connectivity index (χ0) is 29.0. The van der Waals surface area contributed by atoms with Crippen LogP contribution in [0.5, 0.6) is 0 Å². The van der Waals surface area contributed by atoms with Crippen molar-refractivity contribution in [1.29, 1.82) is 0 Å². The number of rotatable bonds is 5. The molecular weight excluding hydrogens is 781 g/mol. The summed E-state index contributed by atoms with van der Waals surface area (Å²) < 4.78 is 15.5. The van der Waals surface area contributed by atoms with Gasteiger partial charge in [-0.15, -0.1) is 35.1 Å². The van der Waals surface area contributed by atoms with Gasteiger partial charge in [0.15, 0.2) is 11.4 Å². The van der Waals surface area contributed by atoms with Crippen molar-refractivity contribution < 1.29 is 65.7 Å². The third kappa shape index (κ3) is 24.7. The average molecular weight is 823 g/mol. The third-order valence-corrected chi connectivity index (χ3v) is 5.00. The second-order valence-corrected chi connectivity index (χ2v) is 12.2. The minimum atomic E-state index is -0.560. The van der Waals surface area contributed by atoms with E-state index in [9.17, 15) is 14.4 Å². The normalized spacial score (nSPS) is 10.1. The quantitative estimate of drug-likeness (QED) is 0.145. The summed E-state index contributed by atoms with van der Waals surface area (Å²) in [5.41, 5.74) is 4.38. The van der Waals surface area contributed by atoms with Crippen LogP contribution in [0.4, 0.5) is 4.79 Å². The first-order chi connectivity index (χ1) is 16.9. The van der Waals surface area contributed by atoms with Crippen molar-refractivity contribution in [3.05, 3.63) is 44.5 Å². The molecule has 0 saturated heterocycles. The Kier molecular flexibility index (Phi) is 28.3. The predicted molar refractivity (Wildman–Crippen MR) is 169 cm³/mol. The van der Waals surface area contributed by atoms with Crippen LogP contribution in [0.25, 0.3) is 0 Å². The molecular formula is C25H42ClIN4O6S2V2-2. The monoisotopic (exact) mass is 822 g/mol. The predicted octanol–water partition coefficient (Wildman–Crippen LogP) is 6.76. The maximum Gasteiger partial charge on any atom is 0.408 e. The van der Waals surface area contributed by atoms with E-state index in [1.807, 2.05) is 43.4 Å². The minimum absolute atomic E-state index is 0. The molecule has 0 saturated carbocycles. The molecule has 0 spiro atoms. The molecule has 0 aliphatic carbocycles. The van der Waals surface area contributed by atoms with Crippen molar-refractivity contribution in [3.63, 3.8) is 0 Å². The largest absolute Gasteiger partial charge is 0.455 e. The van der Waals surface area contributed by atoms with Crippen LogP contribution in [0.15, 0.2) is 10.8 Å². The summed E-state index contributed by atoms with van der Waals surface area (Å²) in [5, 5.41) is 7.22. The molecule has 236 valence electrons. The number of halogens is 2. The van der Waals surface area contributed by atoms with E-state index in [1.54, 1.807) is 52.3 Å². The Labute approximate surface area is 296 Å². The number of alkyl carbamates (subject to hydrolysis) is 1. The van der Waals surface area contributed by atoms with Gasteiger partial charge in [-0.2, -0.15) is 0 Å². The number of esters is 2. The summed E-state index contributed by atoms with van der Waals surface area (Å²) in [6.07, 6.45) is -0.517. The summed E-state index contributed by atoms with van der Waals surface area (Å²) >= 11 is 4.55. The van der Waals surface area contributed by atoms with Crippen LogP contribution in [-0.2, 0) is 64.4 Å². The van der Waals surface area contributed by atoms with Gasteiger partial charge < -0.3 is 55.3 Å². The number of hydrogen-bond donors (Lipinski definition) is 2. The molecule has 3 N–H and O–H groups in total. The fourth-order valence-electron chi connectivity index (χ4n) is 2.11. The van der Waals surface area contributed by atoms with Gasteiger partial charge in [0.05, 0.1) is 6.54 Å². The first-order valence-corrected chi connectivity index (χ1v) is 14.5. The van der Waals surface area contributed by atoms with Crippen LogP contribution < -0.4 is 11.1 Å². The Bertz CT molecular complexity index is 1020. The maximum atomic E-state index is 11.8. The van der Waals surface area contributed by atoms with Gasteiger partial charge in [0.1, 0.15) is 26.8 Å². The van der Waals surface area contributed by atoms with E-state index >= 15 is 0 Å². The van der Waals surface area contributed by atoms with Crippen LogP contribution in [-0.4, -0.2) is 44.8 Å². The number of carbonyl (C=O) groups is 3. The van der Waals surface area contributed by atoms with E-state index in [0.29, 0.717) is 17.2 Å². The minimum Gasteiger partial charge on any atom is -0.455 e. The topological polar surface area (TPSA) is 143 Å². The van der Waals surface area contributed by atoms with Gasteiger partial charge in [0.2, 0.25) is 0 Å². The zero-order valence-corrected chi connectivity index (χ0v) is 32.6. The van der Waals surface area contributed by atoms with Crippen LogP contribution in [0, 0.1) is 12.4 Å². The number of thiazole rings is 2. The molecule has 0 aliphatic rings. The first kappa shape index (κ1) is 50.3. The van der Waals surface area contributed by atoms with Crippen molar-refractivity contribution in [2.45, 2.75) is 92.2 Å². The number of nitrogens with two attached hydrogens (primary N) is 1. The van der Waals surface area contributed by atoms with E-state index in [-0.39, 0.29) is 69.2 Å². The van der Waals surface area contributed by atoms with Crippen LogP contribution >= 0.6 is 57.7 Å². The molecule has 2 radical (unpaired) electrons. The zero-order valence-electron chi connectivity index (χ0n) is 25.2. The molecule has 10 nitrogen and oxygen atoms in total. The van der Waals surface area contributed by atoms with Crippen molar-refractivity contribution >= 4 is 75.7 Å². The number of amides is 1. The van der Waals surface area contributed by atoms with Crippen molar-refractivity contribution in [2.75, 3.05) is 0 Å². The van der Waals surface area contributed by atoms with Crippen LogP contribution in [0.2, 0.25) is 0 Å². The van der Waals surface area contributed by atoms with Gasteiger partial charge in [-0.25, -0.2) is 24.4 Å². The molecule has 0 unspecified atom stereocenters. The van der Waals surface area contributed by atoms with Crippen molar-refractivity contribution in [3.8, 4) is 0 Å².